The number of hydrogen-bond acceptors (Lipinski definition) is 6. The number of nitrogens with two attached hydrogens (primary N) is 1. The molecule has 1 spiro atoms. The fourth-order valence-corrected chi connectivity index (χ4v) is 5.33. The second kappa shape index (κ2) is 6.52. The molecule has 0 radical (unpaired) electrons. The Morgan fingerprint density at radius 3 is 2.40 bits per heavy atom. The summed E-state index contributed by atoms with van der Waals surface area (Å²) in [4.78, 5) is 23.6. The Morgan fingerprint density at radius 2 is 1.66 bits per heavy atom. The molecule has 0 saturated heterocycles. The van der Waals surface area contributed by atoms with Gasteiger partial charge in [-0.05, 0) is 30.3 Å². The van der Waals surface area contributed by atoms with E-state index in [1.807, 2.05) is 48.5 Å². The van der Waals surface area contributed by atoms with Crippen LogP contribution in [0, 0.1) is 17.1 Å². The van der Waals surface area contributed by atoms with Gasteiger partial charge < -0.3 is 15.8 Å². The number of nitrogens with one attached hydrogen (secondary N) is 1. The van der Waals surface area contributed by atoms with E-state index in [9.17, 15) is 14.4 Å². The summed E-state index contributed by atoms with van der Waals surface area (Å²) in [7, 11) is 0. The summed E-state index contributed by atoms with van der Waals surface area (Å²) in [6.45, 7) is 0. The van der Waals surface area contributed by atoms with Crippen LogP contribution in [-0.2, 0) is 10.2 Å². The lowest BCUT2D eigenvalue weighted by atomic mass is 9.67. The number of carbonyl (C=O) groups excluding carboxylic acids is 1. The summed E-state index contributed by atoms with van der Waals surface area (Å²) >= 11 is 0. The Balaban J connectivity index is 1.78. The van der Waals surface area contributed by atoms with E-state index >= 15 is 0 Å². The Bertz CT molecular complexity index is 1870. The average Bonchev–Trinajstić information content (AvgIpc) is 3.14. The highest BCUT2D eigenvalue weighted by atomic mass is 19.1. The minimum atomic E-state index is -1.76. The molecule has 4 aromatic carbocycles. The van der Waals surface area contributed by atoms with Crippen molar-refractivity contribution < 1.29 is 13.9 Å². The van der Waals surface area contributed by atoms with Crippen LogP contribution in [0.15, 0.2) is 78.2 Å². The zero-order valence-corrected chi connectivity index (χ0v) is 18.0. The zero-order chi connectivity index (χ0) is 23.9. The lowest BCUT2D eigenvalue weighted by molar-refractivity contribution is -0.118. The Labute approximate surface area is 197 Å². The van der Waals surface area contributed by atoms with Gasteiger partial charge in [-0.3, -0.25) is 4.79 Å². The third kappa shape index (κ3) is 2.29. The van der Waals surface area contributed by atoms with Crippen molar-refractivity contribution in [2.75, 3.05) is 5.32 Å². The molecule has 0 saturated carbocycles. The van der Waals surface area contributed by atoms with Gasteiger partial charge in [-0.2, -0.15) is 5.26 Å². The van der Waals surface area contributed by atoms with Crippen LogP contribution in [0.25, 0.3) is 32.8 Å². The second-order valence-corrected chi connectivity index (χ2v) is 8.51. The van der Waals surface area contributed by atoms with Crippen molar-refractivity contribution in [2.24, 2.45) is 5.73 Å². The van der Waals surface area contributed by atoms with Crippen LogP contribution in [-0.4, -0.2) is 15.9 Å². The van der Waals surface area contributed by atoms with Crippen molar-refractivity contribution in [2.45, 2.75) is 5.41 Å². The van der Waals surface area contributed by atoms with Crippen molar-refractivity contribution in [1.82, 2.24) is 9.97 Å². The van der Waals surface area contributed by atoms with Gasteiger partial charge in [-0.15, -0.1) is 0 Å². The molecule has 2 aliphatic rings. The molecule has 8 heteroatoms. The van der Waals surface area contributed by atoms with E-state index in [1.54, 1.807) is 0 Å². The number of para-hydroxylation sites is 2. The molecule has 1 aromatic heterocycles. The first kappa shape index (κ1) is 19.4. The van der Waals surface area contributed by atoms with Crippen molar-refractivity contribution in [3.8, 4) is 11.8 Å². The molecule has 7 rings (SSSR count). The van der Waals surface area contributed by atoms with Crippen LogP contribution in [0.1, 0.15) is 11.1 Å². The van der Waals surface area contributed by atoms with Crippen molar-refractivity contribution >= 4 is 44.4 Å². The van der Waals surface area contributed by atoms with Gasteiger partial charge in [0, 0.05) is 27.6 Å². The summed E-state index contributed by atoms with van der Waals surface area (Å²) < 4.78 is 20.6. The molecular formula is C27H14FN5O2. The molecule has 166 valence electrons. The standard InChI is InChI=1S/C27H14FN5O2/c28-13-9-10-18-16(11-13)27(26(34)33-18)17(12-29)25(30)35-24-15-6-2-1-5-14(15)22-23(21(24)27)32-20-8-4-3-7-19(20)31-22/h1-11H,30H2,(H,33,34). The largest absolute Gasteiger partial charge is 0.439 e. The van der Waals surface area contributed by atoms with Crippen LogP contribution >= 0.6 is 0 Å². The smallest absolute Gasteiger partial charge is 0.245 e. The highest BCUT2D eigenvalue weighted by Gasteiger charge is 2.58. The number of amides is 1. The summed E-state index contributed by atoms with van der Waals surface area (Å²) in [5, 5.41) is 14.4. The Morgan fingerprint density at radius 1 is 0.971 bits per heavy atom. The predicted octanol–water partition coefficient (Wildman–Crippen LogP) is 4.40. The highest BCUT2D eigenvalue weighted by molar-refractivity contribution is 6.19. The van der Waals surface area contributed by atoms with Gasteiger partial charge in [0.15, 0.2) is 0 Å². The van der Waals surface area contributed by atoms with Crippen LogP contribution in [0.5, 0.6) is 5.75 Å². The van der Waals surface area contributed by atoms with Crippen LogP contribution in [0.4, 0.5) is 10.1 Å². The first-order valence-electron chi connectivity index (χ1n) is 10.9. The van der Waals surface area contributed by atoms with Gasteiger partial charge in [-0.25, -0.2) is 14.4 Å². The van der Waals surface area contributed by atoms with E-state index in [-0.39, 0.29) is 17.0 Å². The summed E-state index contributed by atoms with van der Waals surface area (Å²) in [6, 6.07) is 20.9. The number of ether oxygens (including phenoxy) is 1. The number of nitrogens with zero attached hydrogens (tertiary/aromatic N) is 3. The number of fused-ring (bicyclic) bond motifs is 10. The van der Waals surface area contributed by atoms with E-state index in [0.29, 0.717) is 44.5 Å². The SMILES string of the molecule is N#CC1=C(N)Oc2c(c3nc4ccccc4nc3c3ccccc23)C12C(=O)Nc1ccc(F)cc12. The summed E-state index contributed by atoms with van der Waals surface area (Å²) in [6.07, 6.45) is 0. The topological polar surface area (TPSA) is 114 Å². The molecule has 1 atom stereocenters. The van der Waals surface area contributed by atoms with Crippen molar-refractivity contribution in [3.63, 3.8) is 0 Å². The quantitative estimate of drug-likeness (QED) is 0.262. The lowest BCUT2D eigenvalue weighted by Crippen LogP contribution is -2.42. The molecule has 0 aliphatic carbocycles. The molecule has 0 fully saturated rings. The molecule has 5 aromatic rings. The van der Waals surface area contributed by atoms with E-state index in [4.69, 9.17) is 20.4 Å². The lowest BCUT2D eigenvalue weighted by Gasteiger charge is -2.35. The molecule has 2 aliphatic heterocycles. The van der Waals surface area contributed by atoms with E-state index in [1.165, 1.54) is 18.2 Å². The van der Waals surface area contributed by atoms with Gasteiger partial charge in [0.05, 0.1) is 22.1 Å². The number of anilines is 1. The maximum absolute atomic E-state index is 14.6. The van der Waals surface area contributed by atoms with Crippen LogP contribution < -0.4 is 15.8 Å². The third-order valence-electron chi connectivity index (χ3n) is 6.76. The fraction of sp³-hybridized carbons (Fsp3) is 0.0370. The van der Waals surface area contributed by atoms with E-state index in [2.05, 4.69) is 11.4 Å². The minimum Gasteiger partial charge on any atom is -0.439 e. The second-order valence-electron chi connectivity index (χ2n) is 8.51. The van der Waals surface area contributed by atoms with Gasteiger partial charge >= 0.3 is 0 Å². The van der Waals surface area contributed by atoms with Crippen molar-refractivity contribution in [3.05, 3.63) is 95.1 Å². The first-order valence-corrected chi connectivity index (χ1v) is 10.9. The molecular weight excluding hydrogens is 445 g/mol. The monoisotopic (exact) mass is 459 g/mol. The molecule has 7 nitrogen and oxygen atoms in total. The maximum Gasteiger partial charge on any atom is 0.245 e. The molecule has 1 amide bonds. The van der Waals surface area contributed by atoms with Crippen molar-refractivity contribution in [1.29, 1.82) is 5.26 Å². The average molecular weight is 459 g/mol. The van der Waals surface area contributed by atoms with Gasteiger partial charge in [-0.1, -0.05) is 36.4 Å². The molecule has 1 unspecified atom stereocenters. The first-order chi connectivity index (χ1) is 17.0. The normalized spacial score (nSPS) is 18.5. The number of benzene rings is 4. The van der Waals surface area contributed by atoms with Crippen LogP contribution in [0.2, 0.25) is 0 Å². The molecule has 3 N–H and O–H groups in total. The Hall–Kier alpha value is -5.03. The zero-order valence-electron chi connectivity index (χ0n) is 18.0. The third-order valence-corrected chi connectivity index (χ3v) is 6.76. The predicted molar refractivity (Wildman–Crippen MR) is 128 cm³/mol. The van der Waals surface area contributed by atoms with Gasteiger partial charge in [0.2, 0.25) is 11.8 Å². The highest BCUT2D eigenvalue weighted by Crippen LogP contribution is 2.56. The number of hydrogen-bond donors (Lipinski definition) is 2. The fourth-order valence-electron chi connectivity index (χ4n) is 5.33. The number of carbonyl (C=O) groups is 1. The minimum absolute atomic E-state index is 0.126. The van der Waals surface area contributed by atoms with Gasteiger partial charge in [0.25, 0.3) is 0 Å². The van der Waals surface area contributed by atoms with E-state index < -0.39 is 17.1 Å². The Kier molecular flexibility index (Phi) is 3.62. The maximum atomic E-state index is 14.6. The number of halogens is 1. The van der Waals surface area contributed by atoms with Crippen LogP contribution in [0.3, 0.4) is 0 Å². The summed E-state index contributed by atoms with van der Waals surface area (Å²) in [5.74, 6) is -1.01. The number of nitriles is 1. The number of rotatable bonds is 0. The number of aromatic nitrogens is 2. The van der Waals surface area contributed by atoms with E-state index in [0.717, 1.165) is 5.39 Å². The van der Waals surface area contributed by atoms with Gasteiger partial charge in [0.1, 0.15) is 28.6 Å². The molecule has 35 heavy (non-hydrogen) atoms. The molecule has 3 heterocycles. The molecule has 0 bridgehead atoms. The summed E-state index contributed by atoms with van der Waals surface area (Å²) in [5.41, 5.74) is 7.56.